The Morgan fingerprint density at radius 2 is 1.97 bits per heavy atom. The van der Waals surface area contributed by atoms with Gasteiger partial charge in [0.15, 0.2) is 23.3 Å². The van der Waals surface area contributed by atoms with Gasteiger partial charge in [0, 0.05) is 6.54 Å². The number of carbonyl (C=O) groups is 2. The van der Waals surface area contributed by atoms with E-state index in [1.54, 1.807) is 23.1 Å². The number of amidine groups is 1. The largest absolute Gasteiger partial charge is 0.493 e. The average Bonchev–Trinajstić information content (AvgIpc) is 3.03. The summed E-state index contributed by atoms with van der Waals surface area (Å²) in [4.78, 5) is 30.8. The van der Waals surface area contributed by atoms with Crippen LogP contribution in [0.15, 0.2) is 44.7 Å². The SMILES string of the molecule is CCN1C(=O)/C(=C\c2cc(Br)c(OCC(=O)O)c(OC)c2)SC1=Nc1c(C)cccc1C. The number of amides is 1. The summed E-state index contributed by atoms with van der Waals surface area (Å²) >= 11 is 4.72. The molecule has 0 radical (unpaired) electrons. The maximum atomic E-state index is 13.0. The Kier molecular flexibility index (Phi) is 7.63. The zero-order chi connectivity index (χ0) is 23.4. The number of halogens is 1. The first-order valence-electron chi connectivity index (χ1n) is 9.83. The number of aryl methyl sites for hydroxylation is 2. The van der Waals surface area contributed by atoms with E-state index >= 15 is 0 Å². The van der Waals surface area contributed by atoms with Gasteiger partial charge in [0.05, 0.1) is 22.2 Å². The monoisotopic (exact) mass is 518 g/mol. The van der Waals surface area contributed by atoms with Gasteiger partial charge in [-0.2, -0.15) is 0 Å². The number of methoxy groups -OCH3 is 1. The lowest BCUT2D eigenvalue weighted by Crippen LogP contribution is -2.28. The van der Waals surface area contributed by atoms with Gasteiger partial charge in [-0.1, -0.05) is 18.2 Å². The highest BCUT2D eigenvalue weighted by Gasteiger charge is 2.32. The third kappa shape index (κ3) is 5.16. The number of aliphatic imine (C=N–C) groups is 1. The molecule has 9 heteroatoms. The second kappa shape index (κ2) is 10.2. The number of para-hydroxylation sites is 1. The highest BCUT2D eigenvalue weighted by molar-refractivity contribution is 9.10. The molecule has 2 aromatic rings. The van der Waals surface area contributed by atoms with E-state index in [0.717, 1.165) is 16.8 Å². The summed E-state index contributed by atoms with van der Waals surface area (Å²) in [7, 11) is 1.47. The molecule has 168 valence electrons. The Morgan fingerprint density at radius 3 is 2.56 bits per heavy atom. The molecule has 7 nitrogen and oxygen atoms in total. The lowest BCUT2D eigenvalue weighted by molar-refractivity contribution is -0.139. The molecule has 0 atom stereocenters. The molecule has 1 aliphatic rings. The van der Waals surface area contributed by atoms with Gasteiger partial charge in [-0.25, -0.2) is 9.79 Å². The molecule has 1 aliphatic heterocycles. The summed E-state index contributed by atoms with van der Waals surface area (Å²) < 4.78 is 11.2. The Bertz CT molecular complexity index is 1110. The molecule has 0 aliphatic carbocycles. The molecule has 3 rings (SSSR count). The standard InChI is InChI=1S/C23H23BrN2O5S/c1-5-26-22(29)18(32-23(26)25-20-13(2)7-6-8-14(20)3)11-15-9-16(24)21(17(10-15)30-4)31-12-19(27)28/h6-11H,5,12H2,1-4H3,(H,27,28)/b18-11+,25-23?. The topological polar surface area (TPSA) is 88.4 Å². The average molecular weight is 519 g/mol. The van der Waals surface area contributed by atoms with Crippen molar-refractivity contribution in [2.75, 3.05) is 20.3 Å². The summed E-state index contributed by atoms with van der Waals surface area (Å²) in [6.45, 7) is 5.92. The minimum absolute atomic E-state index is 0.121. The highest BCUT2D eigenvalue weighted by atomic mass is 79.9. The van der Waals surface area contributed by atoms with Crippen molar-refractivity contribution in [1.82, 2.24) is 4.90 Å². The van der Waals surface area contributed by atoms with E-state index in [4.69, 9.17) is 19.6 Å². The molecule has 0 aromatic heterocycles. The number of thioether (sulfide) groups is 1. The van der Waals surface area contributed by atoms with E-state index in [1.165, 1.54) is 18.9 Å². The van der Waals surface area contributed by atoms with Crippen LogP contribution in [0.25, 0.3) is 6.08 Å². The van der Waals surface area contributed by atoms with Gasteiger partial charge >= 0.3 is 5.97 Å². The second-order valence-electron chi connectivity index (χ2n) is 7.01. The second-order valence-corrected chi connectivity index (χ2v) is 8.87. The van der Waals surface area contributed by atoms with Gasteiger partial charge in [0.25, 0.3) is 5.91 Å². The fourth-order valence-electron chi connectivity index (χ4n) is 3.20. The molecule has 0 saturated carbocycles. The fraction of sp³-hybridized carbons (Fsp3) is 0.261. The molecule has 0 spiro atoms. The van der Waals surface area contributed by atoms with Crippen LogP contribution < -0.4 is 9.47 Å². The van der Waals surface area contributed by atoms with Crippen molar-refractivity contribution in [2.45, 2.75) is 20.8 Å². The van der Waals surface area contributed by atoms with Gasteiger partial charge in [-0.05, 0) is 83.4 Å². The smallest absolute Gasteiger partial charge is 0.341 e. The first kappa shape index (κ1) is 23.9. The quantitative estimate of drug-likeness (QED) is 0.509. The van der Waals surface area contributed by atoms with Crippen LogP contribution in [0.5, 0.6) is 11.5 Å². The highest BCUT2D eigenvalue weighted by Crippen LogP contribution is 2.40. The zero-order valence-corrected chi connectivity index (χ0v) is 20.5. The summed E-state index contributed by atoms with van der Waals surface area (Å²) in [5.74, 6) is -0.563. The van der Waals surface area contributed by atoms with Crippen LogP contribution in [0.4, 0.5) is 5.69 Å². The van der Waals surface area contributed by atoms with Gasteiger partial charge in [0.2, 0.25) is 0 Å². The number of hydrogen-bond donors (Lipinski definition) is 1. The van der Waals surface area contributed by atoms with Crippen LogP contribution in [-0.2, 0) is 9.59 Å². The number of aliphatic carboxylic acids is 1. The molecule has 0 unspecified atom stereocenters. The zero-order valence-electron chi connectivity index (χ0n) is 18.1. The van der Waals surface area contributed by atoms with Crippen molar-refractivity contribution in [1.29, 1.82) is 0 Å². The van der Waals surface area contributed by atoms with Gasteiger partial charge in [0.1, 0.15) is 0 Å². The van der Waals surface area contributed by atoms with Crippen molar-refractivity contribution >= 4 is 56.5 Å². The van der Waals surface area contributed by atoms with Gasteiger partial charge in [-0.3, -0.25) is 9.69 Å². The number of carboxylic acids is 1. The lowest BCUT2D eigenvalue weighted by Gasteiger charge is -2.13. The number of benzene rings is 2. The molecule has 32 heavy (non-hydrogen) atoms. The number of hydrogen-bond acceptors (Lipinski definition) is 6. The van der Waals surface area contributed by atoms with Crippen LogP contribution in [0.3, 0.4) is 0 Å². The first-order chi connectivity index (χ1) is 15.2. The third-order valence-electron chi connectivity index (χ3n) is 4.74. The molecular weight excluding hydrogens is 496 g/mol. The van der Waals surface area contributed by atoms with Crippen LogP contribution in [0, 0.1) is 13.8 Å². The van der Waals surface area contributed by atoms with Crippen molar-refractivity contribution in [2.24, 2.45) is 4.99 Å². The normalized spacial score (nSPS) is 16.2. The molecule has 1 amide bonds. The first-order valence-corrected chi connectivity index (χ1v) is 11.4. The summed E-state index contributed by atoms with van der Waals surface area (Å²) in [6.07, 6.45) is 1.76. The Morgan fingerprint density at radius 1 is 1.28 bits per heavy atom. The van der Waals surface area contributed by atoms with Crippen LogP contribution in [0.2, 0.25) is 0 Å². The molecule has 1 N–H and O–H groups in total. The maximum Gasteiger partial charge on any atom is 0.341 e. The van der Waals surface area contributed by atoms with E-state index in [0.29, 0.717) is 32.4 Å². The number of carbonyl (C=O) groups excluding carboxylic acids is 1. The Balaban J connectivity index is 1.97. The molecule has 2 aromatic carbocycles. The third-order valence-corrected chi connectivity index (χ3v) is 6.34. The van der Waals surface area contributed by atoms with Crippen molar-refractivity contribution in [3.63, 3.8) is 0 Å². The van der Waals surface area contributed by atoms with Crippen molar-refractivity contribution in [3.05, 3.63) is 56.4 Å². The maximum absolute atomic E-state index is 13.0. The van der Waals surface area contributed by atoms with E-state index in [-0.39, 0.29) is 11.7 Å². The summed E-state index contributed by atoms with van der Waals surface area (Å²) in [5.41, 5.74) is 3.66. The summed E-state index contributed by atoms with van der Waals surface area (Å²) in [6, 6.07) is 9.42. The fourth-order valence-corrected chi connectivity index (χ4v) is 4.82. The van der Waals surface area contributed by atoms with E-state index < -0.39 is 12.6 Å². The lowest BCUT2D eigenvalue weighted by atomic mass is 10.1. The molecule has 1 saturated heterocycles. The Labute approximate surface area is 199 Å². The van der Waals surface area contributed by atoms with Gasteiger partial charge < -0.3 is 14.6 Å². The Hall–Kier alpha value is -2.78. The number of likely N-dealkylation sites (N-methyl/N-ethyl adjacent to an activating group) is 1. The van der Waals surface area contributed by atoms with E-state index in [9.17, 15) is 9.59 Å². The number of nitrogens with zero attached hydrogens (tertiary/aromatic N) is 2. The molecular formula is C23H23BrN2O5S. The number of rotatable bonds is 7. The van der Waals surface area contributed by atoms with Crippen LogP contribution in [0.1, 0.15) is 23.6 Å². The van der Waals surface area contributed by atoms with Crippen molar-refractivity contribution < 1.29 is 24.2 Å². The molecule has 0 bridgehead atoms. The van der Waals surface area contributed by atoms with Crippen LogP contribution >= 0.6 is 27.7 Å². The van der Waals surface area contributed by atoms with Gasteiger partial charge in [-0.15, -0.1) is 0 Å². The molecule has 1 fully saturated rings. The summed E-state index contributed by atoms with van der Waals surface area (Å²) in [5, 5.41) is 9.50. The molecule has 1 heterocycles. The minimum atomic E-state index is -1.09. The van der Waals surface area contributed by atoms with E-state index in [2.05, 4.69) is 15.9 Å². The predicted octanol–water partition coefficient (Wildman–Crippen LogP) is 5.16. The minimum Gasteiger partial charge on any atom is -0.493 e. The predicted molar refractivity (Wildman–Crippen MR) is 130 cm³/mol. The van der Waals surface area contributed by atoms with E-state index in [1.807, 2.05) is 39.0 Å². The van der Waals surface area contributed by atoms with Crippen LogP contribution in [-0.4, -0.2) is 47.3 Å². The van der Waals surface area contributed by atoms with Crippen molar-refractivity contribution in [3.8, 4) is 11.5 Å². The number of ether oxygens (including phenoxy) is 2. The number of carboxylic acid groups (broad SMARTS) is 1.